The fourth-order valence-corrected chi connectivity index (χ4v) is 2.75. The predicted molar refractivity (Wildman–Crippen MR) is 93.8 cm³/mol. The molecular formula is C18H25N3O4. The number of aromatic nitrogens is 2. The number of aliphatic hydroxyl groups is 1. The van der Waals surface area contributed by atoms with Gasteiger partial charge in [-0.1, -0.05) is 13.8 Å². The number of aryl methyl sites for hydroxylation is 3. The van der Waals surface area contributed by atoms with E-state index in [2.05, 4.69) is 15.3 Å². The van der Waals surface area contributed by atoms with Crippen LogP contribution in [-0.2, 0) is 5.60 Å². The number of rotatable bonds is 5. The quantitative estimate of drug-likeness (QED) is 0.767. The van der Waals surface area contributed by atoms with Crippen molar-refractivity contribution in [2.75, 3.05) is 6.54 Å². The second-order valence-corrected chi connectivity index (χ2v) is 6.85. The average molecular weight is 347 g/mol. The Morgan fingerprint density at radius 3 is 2.52 bits per heavy atom. The van der Waals surface area contributed by atoms with E-state index in [4.69, 9.17) is 4.42 Å². The number of carbonyl (C=O) groups is 1. The smallest absolute Gasteiger partial charge is 0.264 e. The number of nitrogens with zero attached hydrogens (tertiary/aromatic N) is 1. The highest BCUT2D eigenvalue weighted by Gasteiger charge is 2.29. The van der Waals surface area contributed by atoms with Crippen molar-refractivity contribution < 1.29 is 14.3 Å². The van der Waals surface area contributed by atoms with Gasteiger partial charge in [0.2, 0.25) is 0 Å². The van der Waals surface area contributed by atoms with E-state index in [1.807, 2.05) is 13.8 Å². The van der Waals surface area contributed by atoms with Crippen LogP contribution in [0.5, 0.6) is 0 Å². The maximum absolute atomic E-state index is 12.4. The molecule has 0 saturated carbocycles. The average Bonchev–Trinajstić information content (AvgIpc) is 2.84. The van der Waals surface area contributed by atoms with Gasteiger partial charge in [0.25, 0.3) is 11.5 Å². The first-order valence-corrected chi connectivity index (χ1v) is 8.22. The number of hydrogen-bond acceptors (Lipinski definition) is 5. The molecule has 25 heavy (non-hydrogen) atoms. The fourth-order valence-electron chi connectivity index (χ4n) is 2.75. The summed E-state index contributed by atoms with van der Waals surface area (Å²) in [5.74, 6) is 1.29. The van der Waals surface area contributed by atoms with Gasteiger partial charge in [-0.3, -0.25) is 9.59 Å². The number of H-pyrrole nitrogens is 1. The van der Waals surface area contributed by atoms with Crippen molar-refractivity contribution in [3.63, 3.8) is 0 Å². The molecule has 2 heterocycles. The summed E-state index contributed by atoms with van der Waals surface area (Å²) in [6.45, 7) is 10.5. The van der Waals surface area contributed by atoms with Crippen LogP contribution >= 0.6 is 0 Å². The van der Waals surface area contributed by atoms with Crippen LogP contribution in [-0.4, -0.2) is 27.5 Å². The lowest BCUT2D eigenvalue weighted by Gasteiger charge is -2.23. The van der Waals surface area contributed by atoms with Crippen molar-refractivity contribution in [3.05, 3.63) is 50.6 Å². The van der Waals surface area contributed by atoms with Gasteiger partial charge in [0.05, 0.1) is 12.2 Å². The minimum Gasteiger partial charge on any atom is -0.466 e. The number of furan rings is 1. The van der Waals surface area contributed by atoms with Gasteiger partial charge in [-0.15, -0.1) is 0 Å². The van der Waals surface area contributed by atoms with Crippen LogP contribution in [0.25, 0.3) is 0 Å². The van der Waals surface area contributed by atoms with E-state index in [-0.39, 0.29) is 18.0 Å². The van der Waals surface area contributed by atoms with Crippen LogP contribution in [0.3, 0.4) is 0 Å². The SMILES string of the molecule is Cc1cc([C@@](C)(O)CNC(=O)c2c(C)nc(C(C)C)[nH]c2=O)c(C)o1. The molecule has 2 rings (SSSR count). The van der Waals surface area contributed by atoms with E-state index >= 15 is 0 Å². The molecule has 0 fully saturated rings. The molecule has 0 bridgehead atoms. The van der Waals surface area contributed by atoms with Crippen LogP contribution in [0.2, 0.25) is 0 Å². The molecule has 136 valence electrons. The van der Waals surface area contributed by atoms with Gasteiger partial charge in [-0.25, -0.2) is 4.98 Å². The Morgan fingerprint density at radius 2 is 2.04 bits per heavy atom. The van der Waals surface area contributed by atoms with Crippen molar-refractivity contribution >= 4 is 5.91 Å². The van der Waals surface area contributed by atoms with Crippen LogP contribution < -0.4 is 10.9 Å². The Labute approximate surface area is 146 Å². The molecule has 3 N–H and O–H groups in total. The first-order chi connectivity index (χ1) is 11.5. The summed E-state index contributed by atoms with van der Waals surface area (Å²) in [4.78, 5) is 31.6. The van der Waals surface area contributed by atoms with E-state index in [1.165, 1.54) is 0 Å². The molecule has 0 unspecified atom stereocenters. The summed E-state index contributed by atoms with van der Waals surface area (Å²) in [6.07, 6.45) is 0. The van der Waals surface area contributed by atoms with Gasteiger partial charge < -0.3 is 19.8 Å². The van der Waals surface area contributed by atoms with Crippen molar-refractivity contribution in [2.24, 2.45) is 0 Å². The van der Waals surface area contributed by atoms with Crippen LogP contribution in [0, 0.1) is 20.8 Å². The summed E-state index contributed by atoms with van der Waals surface area (Å²) in [5.41, 5.74) is -0.878. The summed E-state index contributed by atoms with van der Waals surface area (Å²) in [7, 11) is 0. The zero-order valence-corrected chi connectivity index (χ0v) is 15.5. The van der Waals surface area contributed by atoms with E-state index in [0.29, 0.717) is 28.6 Å². The van der Waals surface area contributed by atoms with Crippen LogP contribution in [0.4, 0.5) is 0 Å². The molecule has 1 amide bonds. The fraction of sp³-hybridized carbons (Fsp3) is 0.500. The molecule has 0 aliphatic rings. The summed E-state index contributed by atoms with van der Waals surface area (Å²) >= 11 is 0. The molecule has 0 saturated heterocycles. The number of hydrogen-bond donors (Lipinski definition) is 3. The van der Waals surface area contributed by atoms with Crippen LogP contribution in [0.15, 0.2) is 15.3 Å². The predicted octanol–water partition coefficient (Wildman–Crippen LogP) is 2.05. The zero-order valence-electron chi connectivity index (χ0n) is 15.5. The standard InChI is InChI=1S/C18H25N3O4/c1-9(2)15-20-11(4)14(17(23)21-15)16(22)19-8-18(6,24)13-7-10(3)25-12(13)5/h7,9,24H,8H2,1-6H3,(H,19,22)(H,20,21,23)/t18-/m0/s1. The summed E-state index contributed by atoms with van der Waals surface area (Å²) < 4.78 is 5.43. The number of aromatic amines is 1. The van der Waals surface area contributed by atoms with E-state index in [9.17, 15) is 14.7 Å². The third kappa shape index (κ3) is 3.99. The van der Waals surface area contributed by atoms with E-state index in [1.54, 1.807) is 33.8 Å². The van der Waals surface area contributed by atoms with Crippen molar-refractivity contribution in [1.29, 1.82) is 0 Å². The molecule has 0 aliphatic heterocycles. The van der Waals surface area contributed by atoms with Crippen molar-refractivity contribution in [2.45, 2.75) is 53.1 Å². The summed E-state index contributed by atoms with van der Waals surface area (Å²) in [5, 5.41) is 13.3. The molecule has 0 aromatic carbocycles. The molecule has 0 radical (unpaired) electrons. The first kappa shape index (κ1) is 18.9. The first-order valence-electron chi connectivity index (χ1n) is 8.22. The van der Waals surface area contributed by atoms with E-state index in [0.717, 1.165) is 0 Å². The Balaban J connectivity index is 2.20. The van der Waals surface area contributed by atoms with Gasteiger partial charge in [-0.2, -0.15) is 0 Å². The Hall–Kier alpha value is -2.41. The largest absolute Gasteiger partial charge is 0.466 e. The van der Waals surface area contributed by atoms with E-state index < -0.39 is 17.1 Å². The number of carbonyl (C=O) groups excluding carboxylic acids is 1. The highest BCUT2D eigenvalue weighted by molar-refractivity contribution is 5.94. The lowest BCUT2D eigenvalue weighted by atomic mass is 9.96. The third-order valence-corrected chi connectivity index (χ3v) is 4.11. The topological polar surface area (TPSA) is 108 Å². The monoisotopic (exact) mass is 347 g/mol. The summed E-state index contributed by atoms with van der Waals surface area (Å²) in [6, 6.07) is 1.73. The lowest BCUT2D eigenvalue weighted by Crippen LogP contribution is -2.41. The maximum atomic E-state index is 12.4. The molecular weight excluding hydrogens is 322 g/mol. The Kier molecular flexibility index (Phi) is 5.17. The molecule has 1 atom stereocenters. The third-order valence-electron chi connectivity index (χ3n) is 4.11. The highest BCUT2D eigenvalue weighted by atomic mass is 16.3. The second-order valence-electron chi connectivity index (χ2n) is 6.85. The lowest BCUT2D eigenvalue weighted by molar-refractivity contribution is 0.0513. The van der Waals surface area contributed by atoms with Gasteiger partial charge in [0.1, 0.15) is 28.5 Å². The zero-order chi connectivity index (χ0) is 18.9. The Bertz CT molecular complexity index is 846. The minimum absolute atomic E-state index is 0.0414. The van der Waals surface area contributed by atoms with Crippen LogP contribution in [0.1, 0.15) is 65.6 Å². The second kappa shape index (κ2) is 6.84. The highest BCUT2D eigenvalue weighted by Crippen LogP contribution is 2.26. The van der Waals surface area contributed by atoms with Gasteiger partial charge >= 0.3 is 0 Å². The normalized spacial score (nSPS) is 13.8. The van der Waals surface area contributed by atoms with Gasteiger partial charge in [0, 0.05) is 11.5 Å². The maximum Gasteiger partial charge on any atom is 0.264 e. The molecule has 0 aliphatic carbocycles. The van der Waals surface area contributed by atoms with Gasteiger partial charge in [-0.05, 0) is 33.8 Å². The minimum atomic E-state index is -1.32. The number of nitrogens with one attached hydrogen (secondary N) is 2. The molecule has 7 nitrogen and oxygen atoms in total. The molecule has 0 spiro atoms. The number of amides is 1. The van der Waals surface area contributed by atoms with Crippen molar-refractivity contribution in [3.8, 4) is 0 Å². The van der Waals surface area contributed by atoms with Gasteiger partial charge in [0.15, 0.2) is 0 Å². The Morgan fingerprint density at radius 1 is 1.40 bits per heavy atom. The molecule has 7 heteroatoms. The van der Waals surface area contributed by atoms with Crippen molar-refractivity contribution in [1.82, 2.24) is 15.3 Å². The molecule has 2 aromatic heterocycles. The molecule has 2 aromatic rings.